The molecule has 0 spiro atoms. The zero-order chi connectivity index (χ0) is 14.5. The fourth-order valence-corrected chi connectivity index (χ4v) is 2.67. The lowest BCUT2D eigenvalue weighted by molar-refractivity contribution is 0.150. The summed E-state index contributed by atoms with van der Waals surface area (Å²) in [5, 5.41) is 0. The molecule has 5 heteroatoms. The number of rotatable bonds is 5. The molecule has 1 unspecified atom stereocenters. The van der Waals surface area contributed by atoms with E-state index >= 15 is 0 Å². The summed E-state index contributed by atoms with van der Waals surface area (Å²) in [5.41, 5.74) is 5.80. The predicted octanol–water partition coefficient (Wildman–Crippen LogP) is 2.68. The SMILES string of the molecule is CN1CCCCC1CCOc1c(F)cc(CN)cc1F. The Morgan fingerprint density at radius 3 is 2.60 bits per heavy atom. The van der Waals surface area contributed by atoms with Crippen molar-refractivity contribution in [3.05, 3.63) is 29.3 Å². The summed E-state index contributed by atoms with van der Waals surface area (Å²) < 4.78 is 32.7. The number of ether oxygens (including phenoxy) is 1. The molecule has 1 fully saturated rings. The minimum Gasteiger partial charge on any atom is -0.488 e. The number of nitrogens with two attached hydrogens (primary N) is 1. The van der Waals surface area contributed by atoms with Gasteiger partial charge in [-0.1, -0.05) is 6.42 Å². The molecule has 0 amide bonds. The van der Waals surface area contributed by atoms with Crippen molar-refractivity contribution in [3.8, 4) is 5.75 Å². The van der Waals surface area contributed by atoms with Crippen molar-refractivity contribution in [2.75, 3.05) is 20.2 Å². The van der Waals surface area contributed by atoms with Gasteiger partial charge in [0.25, 0.3) is 0 Å². The monoisotopic (exact) mass is 284 g/mol. The van der Waals surface area contributed by atoms with Crippen molar-refractivity contribution in [1.29, 1.82) is 0 Å². The number of benzene rings is 1. The Labute approximate surface area is 118 Å². The number of halogens is 2. The molecule has 0 aliphatic carbocycles. The van der Waals surface area contributed by atoms with Gasteiger partial charge in [-0.2, -0.15) is 0 Å². The van der Waals surface area contributed by atoms with Crippen LogP contribution in [0.2, 0.25) is 0 Å². The Hall–Kier alpha value is -1.20. The summed E-state index contributed by atoms with van der Waals surface area (Å²) in [7, 11) is 2.08. The normalized spacial score (nSPS) is 20.1. The molecule has 0 bridgehead atoms. The van der Waals surface area contributed by atoms with Gasteiger partial charge < -0.3 is 15.4 Å². The van der Waals surface area contributed by atoms with Gasteiger partial charge in [-0.15, -0.1) is 0 Å². The minimum absolute atomic E-state index is 0.112. The molecule has 3 nitrogen and oxygen atoms in total. The van der Waals surface area contributed by atoms with Crippen LogP contribution in [-0.4, -0.2) is 31.1 Å². The summed E-state index contributed by atoms with van der Waals surface area (Å²) >= 11 is 0. The zero-order valence-electron chi connectivity index (χ0n) is 11.9. The Bertz CT molecular complexity index is 430. The molecule has 2 N–H and O–H groups in total. The van der Waals surface area contributed by atoms with E-state index in [2.05, 4.69) is 11.9 Å². The molecule has 1 aliphatic heterocycles. The average molecular weight is 284 g/mol. The lowest BCUT2D eigenvalue weighted by Gasteiger charge is -2.32. The number of nitrogens with zero attached hydrogens (tertiary/aromatic N) is 1. The molecule has 1 aromatic carbocycles. The van der Waals surface area contributed by atoms with Crippen LogP contribution in [0.1, 0.15) is 31.2 Å². The smallest absolute Gasteiger partial charge is 0.190 e. The second kappa shape index (κ2) is 6.99. The molecule has 20 heavy (non-hydrogen) atoms. The van der Waals surface area contributed by atoms with Crippen LogP contribution in [0.4, 0.5) is 8.78 Å². The fraction of sp³-hybridized carbons (Fsp3) is 0.600. The van der Waals surface area contributed by atoms with Gasteiger partial charge in [-0.25, -0.2) is 8.78 Å². The van der Waals surface area contributed by atoms with Crippen LogP contribution in [-0.2, 0) is 6.54 Å². The Balaban J connectivity index is 1.90. The van der Waals surface area contributed by atoms with Crippen molar-refractivity contribution in [1.82, 2.24) is 4.90 Å². The summed E-state index contributed by atoms with van der Waals surface area (Å²) in [4.78, 5) is 2.29. The van der Waals surface area contributed by atoms with Crippen LogP contribution < -0.4 is 10.5 Å². The first-order valence-corrected chi connectivity index (χ1v) is 7.13. The van der Waals surface area contributed by atoms with Crippen LogP contribution in [0.5, 0.6) is 5.75 Å². The van der Waals surface area contributed by atoms with E-state index in [0.29, 0.717) is 18.2 Å². The van der Waals surface area contributed by atoms with Crippen LogP contribution in [0.25, 0.3) is 0 Å². The maximum atomic E-state index is 13.7. The second-order valence-electron chi connectivity index (χ2n) is 5.36. The van der Waals surface area contributed by atoms with Crippen molar-refractivity contribution in [2.45, 2.75) is 38.3 Å². The van der Waals surface area contributed by atoms with Gasteiger partial charge in [0.05, 0.1) is 6.61 Å². The number of hydrogen-bond donors (Lipinski definition) is 1. The highest BCUT2D eigenvalue weighted by atomic mass is 19.1. The largest absolute Gasteiger partial charge is 0.488 e. The zero-order valence-corrected chi connectivity index (χ0v) is 11.9. The first-order valence-electron chi connectivity index (χ1n) is 7.13. The van der Waals surface area contributed by atoms with E-state index in [1.54, 1.807) is 0 Å². The summed E-state index contributed by atoms with van der Waals surface area (Å²) in [6.07, 6.45) is 4.34. The number of likely N-dealkylation sites (tertiary alicyclic amines) is 1. The molecular formula is C15H22F2N2O. The molecule has 0 saturated carbocycles. The number of hydrogen-bond acceptors (Lipinski definition) is 3. The molecule has 1 aromatic rings. The van der Waals surface area contributed by atoms with Gasteiger partial charge in [-0.05, 0) is 50.6 Å². The van der Waals surface area contributed by atoms with Crippen LogP contribution in [0, 0.1) is 11.6 Å². The van der Waals surface area contributed by atoms with E-state index in [9.17, 15) is 8.78 Å². The van der Waals surface area contributed by atoms with Crippen LogP contribution in [0.3, 0.4) is 0 Å². The molecule has 2 rings (SSSR count). The van der Waals surface area contributed by atoms with Crippen molar-refractivity contribution >= 4 is 0 Å². The predicted molar refractivity (Wildman–Crippen MR) is 74.6 cm³/mol. The highest BCUT2D eigenvalue weighted by Gasteiger charge is 2.19. The van der Waals surface area contributed by atoms with Gasteiger partial charge >= 0.3 is 0 Å². The third-order valence-corrected chi connectivity index (χ3v) is 3.91. The van der Waals surface area contributed by atoms with E-state index < -0.39 is 11.6 Å². The minimum atomic E-state index is -0.678. The quantitative estimate of drug-likeness (QED) is 0.903. The molecule has 0 radical (unpaired) electrons. The van der Waals surface area contributed by atoms with E-state index in [0.717, 1.165) is 19.4 Å². The lowest BCUT2D eigenvalue weighted by atomic mass is 10.0. The first kappa shape index (κ1) is 15.2. The maximum Gasteiger partial charge on any atom is 0.190 e. The van der Waals surface area contributed by atoms with E-state index in [1.165, 1.54) is 25.0 Å². The van der Waals surface area contributed by atoms with Crippen LogP contribution in [0.15, 0.2) is 12.1 Å². The molecule has 1 atom stereocenters. The number of piperidine rings is 1. The highest BCUT2D eigenvalue weighted by Crippen LogP contribution is 2.24. The molecule has 1 heterocycles. The Morgan fingerprint density at radius 2 is 2.00 bits per heavy atom. The van der Waals surface area contributed by atoms with Crippen molar-refractivity contribution in [2.24, 2.45) is 5.73 Å². The summed E-state index contributed by atoms with van der Waals surface area (Å²) in [6, 6.07) is 2.90. The second-order valence-corrected chi connectivity index (χ2v) is 5.36. The van der Waals surface area contributed by atoms with E-state index in [1.807, 2.05) is 0 Å². The third-order valence-electron chi connectivity index (χ3n) is 3.91. The van der Waals surface area contributed by atoms with Crippen molar-refractivity contribution < 1.29 is 13.5 Å². The first-order chi connectivity index (χ1) is 9.61. The summed E-state index contributed by atoms with van der Waals surface area (Å²) in [5.74, 6) is -1.65. The van der Waals surface area contributed by atoms with Gasteiger partial charge in [0.2, 0.25) is 0 Å². The molecule has 1 aliphatic rings. The van der Waals surface area contributed by atoms with Crippen LogP contribution >= 0.6 is 0 Å². The summed E-state index contributed by atoms with van der Waals surface area (Å²) in [6.45, 7) is 1.52. The highest BCUT2D eigenvalue weighted by molar-refractivity contribution is 5.31. The topological polar surface area (TPSA) is 38.5 Å². The van der Waals surface area contributed by atoms with Gasteiger partial charge in [-0.3, -0.25) is 0 Å². The van der Waals surface area contributed by atoms with Crippen molar-refractivity contribution in [3.63, 3.8) is 0 Å². The molecule has 112 valence electrons. The fourth-order valence-electron chi connectivity index (χ4n) is 2.67. The lowest BCUT2D eigenvalue weighted by Crippen LogP contribution is -2.37. The molecule has 1 saturated heterocycles. The van der Waals surface area contributed by atoms with Gasteiger partial charge in [0.15, 0.2) is 17.4 Å². The Morgan fingerprint density at radius 1 is 1.30 bits per heavy atom. The van der Waals surface area contributed by atoms with Gasteiger partial charge in [0, 0.05) is 12.6 Å². The standard InChI is InChI=1S/C15H22F2N2O/c1-19-6-3-2-4-12(19)5-7-20-15-13(16)8-11(10-18)9-14(15)17/h8-9,12H,2-7,10,18H2,1H3. The van der Waals surface area contributed by atoms with E-state index in [-0.39, 0.29) is 12.3 Å². The molecular weight excluding hydrogens is 262 g/mol. The maximum absolute atomic E-state index is 13.7. The van der Waals surface area contributed by atoms with Gasteiger partial charge in [0.1, 0.15) is 0 Å². The molecule has 0 aromatic heterocycles. The third kappa shape index (κ3) is 3.67. The average Bonchev–Trinajstić information content (AvgIpc) is 2.43. The van der Waals surface area contributed by atoms with E-state index in [4.69, 9.17) is 10.5 Å². The Kier molecular flexibility index (Phi) is 5.31.